The van der Waals surface area contributed by atoms with E-state index in [1.165, 1.54) is 4.90 Å². The summed E-state index contributed by atoms with van der Waals surface area (Å²) in [4.78, 5) is 25.9. The molecule has 0 aromatic carbocycles. The summed E-state index contributed by atoms with van der Waals surface area (Å²) in [5.41, 5.74) is 0. The van der Waals surface area contributed by atoms with Crippen molar-refractivity contribution >= 4 is 12.0 Å². The van der Waals surface area contributed by atoms with Crippen molar-refractivity contribution in [1.29, 1.82) is 0 Å². The largest absolute Gasteiger partial charge is 0.480 e. The summed E-state index contributed by atoms with van der Waals surface area (Å²) in [7, 11) is 3.93. The van der Waals surface area contributed by atoms with E-state index in [1.807, 2.05) is 19.0 Å². The fourth-order valence-electron chi connectivity index (χ4n) is 1.58. The standard InChI is InChI=1S/C12H23N3O4/c1-14(2)6-8-19-7-5-13-12(18)15(9-11(16)17)10-3-4-10/h10H,3-9H2,1-2H3,(H,13,18)(H,16,17). The van der Waals surface area contributed by atoms with E-state index in [0.29, 0.717) is 19.8 Å². The van der Waals surface area contributed by atoms with E-state index in [-0.39, 0.29) is 18.6 Å². The van der Waals surface area contributed by atoms with Crippen LogP contribution >= 0.6 is 0 Å². The van der Waals surface area contributed by atoms with Crippen molar-refractivity contribution < 1.29 is 19.4 Å². The van der Waals surface area contributed by atoms with E-state index in [9.17, 15) is 9.59 Å². The first-order valence-corrected chi connectivity index (χ1v) is 6.49. The molecule has 1 aliphatic rings. The lowest BCUT2D eigenvalue weighted by atomic mass is 10.5. The zero-order chi connectivity index (χ0) is 14.3. The molecular formula is C12H23N3O4. The van der Waals surface area contributed by atoms with Gasteiger partial charge >= 0.3 is 12.0 Å². The van der Waals surface area contributed by atoms with Gasteiger partial charge in [0.15, 0.2) is 0 Å². The molecule has 1 saturated carbocycles. The van der Waals surface area contributed by atoms with Gasteiger partial charge < -0.3 is 25.0 Å². The molecule has 0 unspecified atom stereocenters. The van der Waals surface area contributed by atoms with Crippen molar-refractivity contribution in [1.82, 2.24) is 15.1 Å². The van der Waals surface area contributed by atoms with Gasteiger partial charge in [-0.1, -0.05) is 0 Å². The van der Waals surface area contributed by atoms with Gasteiger partial charge in [0.2, 0.25) is 0 Å². The Morgan fingerprint density at radius 1 is 1.32 bits per heavy atom. The first-order chi connectivity index (χ1) is 9.00. The fourth-order valence-corrected chi connectivity index (χ4v) is 1.58. The molecule has 0 spiro atoms. The quantitative estimate of drug-likeness (QED) is 0.570. The molecule has 7 heteroatoms. The molecule has 110 valence electrons. The van der Waals surface area contributed by atoms with Crippen molar-refractivity contribution in [2.45, 2.75) is 18.9 Å². The predicted octanol–water partition coefficient (Wildman–Crippen LogP) is -0.177. The number of ether oxygens (including phenoxy) is 1. The second-order valence-corrected chi connectivity index (χ2v) is 4.90. The fraction of sp³-hybridized carbons (Fsp3) is 0.833. The minimum Gasteiger partial charge on any atom is -0.480 e. The van der Waals surface area contributed by atoms with Gasteiger partial charge in [0.05, 0.1) is 13.2 Å². The van der Waals surface area contributed by atoms with Crippen LogP contribution in [0, 0.1) is 0 Å². The zero-order valence-electron chi connectivity index (χ0n) is 11.6. The maximum absolute atomic E-state index is 11.8. The second-order valence-electron chi connectivity index (χ2n) is 4.90. The van der Waals surface area contributed by atoms with Crippen molar-refractivity contribution in [3.63, 3.8) is 0 Å². The van der Waals surface area contributed by atoms with E-state index in [2.05, 4.69) is 5.32 Å². The van der Waals surface area contributed by atoms with Gasteiger partial charge in [0.1, 0.15) is 6.54 Å². The zero-order valence-corrected chi connectivity index (χ0v) is 11.6. The number of carbonyl (C=O) groups excluding carboxylic acids is 1. The van der Waals surface area contributed by atoms with Crippen LogP contribution in [-0.2, 0) is 9.53 Å². The van der Waals surface area contributed by atoms with Crippen LogP contribution in [0.15, 0.2) is 0 Å². The minimum absolute atomic E-state index is 0.0887. The molecule has 1 rings (SSSR count). The number of urea groups is 1. The molecule has 1 fully saturated rings. The Morgan fingerprint density at radius 2 is 2.00 bits per heavy atom. The summed E-state index contributed by atoms with van der Waals surface area (Å²) in [5.74, 6) is -0.982. The number of carboxylic acid groups (broad SMARTS) is 1. The molecule has 0 aromatic rings. The molecular weight excluding hydrogens is 250 g/mol. The first-order valence-electron chi connectivity index (χ1n) is 6.49. The Labute approximate surface area is 113 Å². The smallest absolute Gasteiger partial charge is 0.323 e. The van der Waals surface area contributed by atoms with Gasteiger partial charge in [-0.05, 0) is 26.9 Å². The Bertz CT molecular complexity index is 305. The molecule has 2 N–H and O–H groups in total. The van der Waals surface area contributed by atoms with Crippen molar-refractivity contribution in [2.75, 3.05) is 46.9 Å². The molecule has 0 heterocycles. The molecule has 0 aliphatic heterocycles. The Kier molecular flexibility index (Phi) is 6.58. The molecule has 2 amide bonds. The molecule has 0 aromatic heterocycles. The van der Waals surface area contributed by atoms with Gasteiger partial charge in [0, 0.05) is 19.1 Å². The Morgan fingerprint density at radius 3 is 2.53 bits per heavy atom. The third kappa shape index (κ3) is 6.97. The first kappa shape index (κ1) is 15.7. The topological polar surface area (TPSA) is 82.1 Å². The molecule has 0 saturated heterocycles. The number of carboxylic acids is 1. The van der Waals surface area contributed by atoms with Crippen molar-refractivity contribution in [2.24, 2.45) is 0 Å². The Balaban J connectivity index is 2.13. The number of hydrogen-bond acceptors (Lipinski definition) is 4. The van der Waals surface area contributed by atoms with Gasteiger partial charge in [-0.25, -0.2) is 4.79 Å². The molecule has 0 atom stereocenters. The number of aliphatic carboxylic acids is 1. The highest BCUT2D eigenvalue weighted by Crippen LogP contribution is 2.26. The third-order valence-corrected chi connectivity index (χ3v) is 2.76. The summed E-state index contributed by atoms with van der Waals surface area (Å²) in [5, 5.41) is 11.4. The van der Waals surface area contributed by atoms with E-state index in [0.717, 1.165) is 19.4 Å². The normalized spacial score (nSPS) is 14.5. The molecule has 1 aliphatic carbocycles. The van der Waals surface area contributed by atoms with E-state index in [1.54, 1.807) is 0 Å². The lowest BCUT2D eigenvalue weighted by molar-refractivity contribution is -0.137. The average molecular weight is 273 g/mol. The van der Waals surface area contributed by atoms with Crippen LogP contribution < -0.4 is 5.32 Å². The molecule has 0 radical (unpaired) electrons. The molecule has 7 nitrogen and oxygen atoms in total. The number of rotatable bonds is 9. The van der Waals surface area contributed by atoms with Gasteiger partial charge in [-0.2, -0.15) is 0 Å². The molecule has 0 bridgehead atoms. The van der Waals surface area contributed by atoms with Crippen LogP contribution in [0.1, 0.15) is 12.8 Å². The highest BCUT2D eigenvalue weighted by molar-refractivity contribution is 5.80. The number of nitrogens with zero attached hydrogens (tertiary/aromatic N) is 2. The van der Waals surface area contributed by atoms with Crippen LogP contribution in [0.3, 0.4) is 0 Å². The summed E-state index contributed by atoms with van der Waals surface area (Å²) in [6, 6.07) is -0.230. The van der Waals surface area contributed by atoms with Gasteiger partial charge in [0.25, 0.3) is 0 Å². The monoisotopic (exact) mass is 273 g/mol. The third-order valence-electron chi connectivity index (χ3n) is 2.76. The van der Waals surface area contributed by atoms with Crippen molar-refractivity contribution in [3.8, 4) is 0 Å². The average Bonchev–Trinajstić information content (AvgIpc) is 3.13. The minimum atomic E-state index is -0.982. The maximum Gasteiger partial charge on any atom is 0.323 e. The van der Waals surface area contributed by atoms with Gasteiger partial charge in [-0.3, -0.25) is 4.79 Å². The van der Waals surface area contributed by atoms with Gasteiger partial charge in [-0.15, -0.1) is 0 Å². The summed E-state index contributed by atoms with van der Waals surface area (Å²) in [6.45, 7) is 2.05. The number of hydrogen-bond donors (Lipinski definition) is 2. The highest BCUT2D eigenvalue weighted by Gasteiger charge is 2.33. The van der Waals surface area contributed by atoms with Crippen LogP contribution in [0.25, 0.3) is 0 Å². The maximum atomic E-state index is 11.8. The number of nitrogens with one attached hydrogen (secondary N) is 1. The Hall–Kier alpha value is -1.34. The lowest BCUT2D eigenvalue weighted by Crippen LogP contribution is -2.45. The van der Waals surface area contributed by atoms with Crippen LogP contribution in [-0.4, -0.2) is 79.9 Å². The van der Waals surface area contributed by atoms with Crippen molar-refractivity contribution in [3.05, 3.63) is 0 Å². The van der Waals surface area contributed by atoms with Crippen LogP contribution in [0.4, 0.5) is 4.79 Å². The van der Waals surface area contributed by atoms with E-state index in [4.69, 9.17) is 9.84 Å². The number of carbonyl (C=O) groups is 2. The van der Waals surface area contributed by atoms with E-state index < -0.39 is 5.97 Å². The van der Waals surface area contributed by atoms with E-state index >= 15 is 0 Å². The second kappa shape index (κ2) is 7.96. The van der Waals surface area contributed by atoms with Crippen LogP contribution in [0.2, 0.25) is 0 Å². The predicted molar refractivity (Wildman–Crippen MR) is 70.1 cm³/mol. The SMILES string of the molecule is CN(C)CCOCCNC(=O)N(CC(=O)O)C1CC1. The van der Waals surface area contributed by atoms with Crippen LogP contribution in [0.5, 0.6) is 0 Å². The molecule has 19 heavy (non-hydrogen) atoms. The summed E-state index contributed by atoms with van der Waals surface area (Å²) < 4.78 is 5.34. The summed E-state index contributed by atoms with van der Waals surface area (Å²) in [6.07, 6.45) is 1.78. The number of likely N-dealkylation sites (N-methyl/N-ethyl adjacent to an activating group) is 1. The number of amides is 2. The summed E-state index contributed by atoms with van der Waals surface area (Å²) >= 11 is 0. The highest BCUT2D eigenvalue weighted by atomic mass is 16.5. The lowest BCUT2D eigenvalue weighted by Gasteiger charge is -2.20.